The van der Waals surface area contributed by atoms with Crippen LogP contribution in [0.25, 0.3) is 0 Å². The highest BCUT2D eigenvalue weighted by Crippen LogP contribution is 2.54. The maximum Gasteiger partial charge on any atom is 0.144 e. The standard InChI is InChI=1S/C25H22P.ClH/c1-21-13-11-12-20-25(21)26(22-14-5-2-6-15-22,23-16-7-3-8-17-23)24-18-9-4-10-19-24;/h2-20H,1H3;1H/q+1;/p-1. The molecule has 2 heteroatoms. The molecule has 0 atom stereocenters. The van der Waals surface area contributed by atoms with Crippen molar-refractivity contribution in [2.75, 3.05) is 0 Å². The molecule has 0 aliphatic heterocycles. The van der Waals surface area contributed by atoms with Gasteiger partial charge in [0, 0.05) is 0 Å². The average molecular weight is 389 g/mol. The maximum absolute atomic E-state index is 2.32. The molecule has 0 saturated heterocycles. The van der Waals surface area contributed by atoms with Gasteiger partial charge in [0.05, 0.1) is 0 Å². The van der Waals surface area contributed by atoms with E-state index < -0.39 is 7.26 Å². The second-order valence-electron chi connectivity index (χ2n) is 6.46. The quantitative estimate of drug-likeness (QED) is 0.466. The van der Waals surface area contributed by atoms with Gasteiger partial charge >= 0.3 is 0 Å². The van der Waals surface area contributed by atoms with E-state index in [4.69, 9.17) is 0 Å². The first kappa shape index (κ1) is 19.4. The van der Waals surface area contributed by atoms with E-state index in [2.05, 4.69) is 122 Å². The molecule has 27 heavy (non-hydrogen) atoms. The lowest BCUT2D eigenvalue weighted by atomic mass is 10.2. The fraction of sp³-hybridized carbons (Fsp3) is 0.0400. The summed E-state index contributed by atoms with van der Waals surface area (Å²) in [6.07, 6.45) is 0. The van der Waals surface area contributed by atoms with Crippen LogP contribution in [-0.2, 0) is 0 Å². The minimum Gasteiger partial charge on any atom is -1.00 e. The molecule has 4 aromatic rings. The number of benzene rings is 4. The Balaban J connectivity index is 0.00000210. The Labute approximate surface area is 168 Å². The van der Waals surface area contributed by atoms with Crippen molar-refractivity contribution in [2.24, 2.45) is 0 Å². The van der Waals surface area contributed by atoms with Crippen LogP contribution in [0.1, 0.15) is 5.56 Å². The van der Waals surface area contributed by atoms with Gasteiger partial charge in [-0.15, -0.1) is 0 Å². The van der Waals surface area contributed by atoms with E-state index in [1.807, 2.05) is 0 Å². The van der Waals surface area contributed by atoms with Crippen LogP contribution in [0.3, 0.4) is 0 Å². The van der Waals surface area contributed by atoms with Gasteiger partial charge in [-0.3, -0.25) is 0 Å². The molecule has 0 fully saturated rings. The van der Waals surface area contributed by atoms with E-state index in [0.29, 0.717) is 0 Å². The Morgan fingerprint density at radius 2 is 0.778 bits per heavy atom. The number of rotatable bonds is 4. The van der Waals surface area contributed by atoms with Gasteiger partial charge < -0.3 is 12.4 Å². The maximum atomic E-state index is 2.32. The van der Waals surface area contributed by atoms with Crippen LogP contribution in [0.4, 0.5) is 0 Å². The van der Waals surface area contributed by atoms with Crippen molar-refractivity contribution in [1.82, 2.24) is 0 Å². The highest BCUT2D eigenvalue weighted by atomic mass is 35.5. The Hall–Kier alpha value is -2.40. The van der Waals surface area contributed by atoms with Crippen LogP contribution in [0.2, 0.25) is 0 Å². The molecule has 0 bridgehead atoms. The molecule has 0 saturated carbocycles. The molecular formula is C25H22ClP. The van der Waals surface area contributed by atoms with Crippen LogP contribution < -0.4 is 33.6 Å². The molecule has 0 aromatic heterocycles. The summed E-state index contributed by atoms with van der Waals surface area (Å²) in [5.41, 5.74) is 1.34. The second-order valence-corrected chi connectivity index (χ2v) is 9.84. The molecule has 0 aliphatic carbocycles. The normalized spacial score (nSPS) is 10.9. The van der Waals surface area contributed by atoms with Crippen LogP contribution in [0.5, 0.6) is 0 Å². The summed E-state index contributed by atoms with van der Waals surface area (Å²) in [6.45, 7) is 2.24. The van der Waals surface area contributed by atoms with Gasteiger partial charge in [0.2, 0.25) is 0 Å². The monoisotopic (exact) mass is 388 g/mol. The third-order valence-electron chi connectivity index (χ3n) is 4.91. The molecule has 4 rings (SSSR count). The zero-order valence-electron chi connectivity index (χ0n) is 15.3. The third kappa shape index (κ3) is 3.44. The van der Waals surface area contributed by atoms with Gasteiger partial charge in [-0.05, 0) is 55.0 Å². The third-order valence-corrected chi connectivity index (χ3v) is 9.35. The number of hydrogen-bond donors (Lipinski definition) is 0. The van der Waals surface area contributed by atoms with Crippen molar-refractivity contribution in [3.05, 3.63) is 121 Å². The molecule has 0 amide bonds. The lowest BCUT2D eigenvalue weighted by molar-refractivity contribution is -0.00000501. The summed E-state index contributed by atoms with van der Waals surface area (Å²) in [5.74, 6) is 0. The summed E-state index contributed by atoms with van der Waals surface area (Å²) >= 11 is 0. The predicted octanol–water partition coefficient (Wildman–Crippen LogP) is 1.62. The fourth-order valence-corrected chi connectivity index (χ4v) is 8.26. The van der Waals surface area contributed by atoms with E-state index in [1.165, 1.54) is 26.8 Å². The summed E-state index contributed by atoms with van der Waals surface area (Å²) in [4.78, 5) is 0. The van der Waals surface area contributed by atoms with E-state index >= 15 is 0 Å². The van der Waals surface area contributed by atoms with Crippen molar-refractivity contribution < 1.29 is 12.4 Å². The zero-order valence-corrected chi connectivity index (χ0v) is 16.9. The van der Waals surface area contributed by atoms with E-state index in [0.717, 1.165) is 0 Å². The second kappa shape index (κ2) is 8.53. The molecule has 134 valence electrons. The highest BCUT2D eigenvalue weighted by Gasteiger charge is 2.48. The summed E-state index contributed by atoms with van der Waals surface area (Å²) in [7, 11) is -1.94. The van der Waals surface area contributed by atoms with E-state index in [9.17, 15) is 0 Å². The minimum atomic E-state index is -1.94. The van der Waals surface area contributed by atoms with Gasteiger partial charge in [-0.2, -0.15) is 0 Å². The van der Waals surface area contributed by atoms with Gasteiger partial charge in [0.15, 0.2) is 0 Å². The molecule has 0 spiro atoms. The fourth-order valence-electron chi connectivity index (χ4n) is 3.76. The number of hydrogen-bond acceptors (Lipinski definition) is 0. The summed E-state index contributed by atoms with van der Waals surface area (Å²) in [6, 6.07) is 41.9. The Bertz CT molecular complexity index is 886. The first-order valence-electron chi connectivity index (χ1n) is 8.95. The van der Waals surface area contributed by atoms with Crippen LogP contribution in [0, 0.1) is 6.92 Å². The van der Waals surface area contributed by atoms with Crippen LogP contribution in [-0.4, -0.2) is 0 Å². The average Bonchev–Trinajstić information content (AvgIpc) is 2.72. The molecule has 0 unspecified atom stereocenters. The molecular weight excluding hydrogens is 367 g/mol. The number of halogens is 1. The van der Waals surface area contributed by atoms with Gasteiger partial charge in [0.25, 0.3) is 0 Å². The van der Waals surface area contributed by atoms with Crippen molar-refractivity contribution in [3.8, 4) is 0 Å². The minimum absolute atomic E-state index is 0. The largest absolute Gasteiger partial charge is 1.00 e. The molecule has 0 nitrogen and oxygen atoms in total. The van der Waals surface area contributed by atoms with Crippen molar-refractivity contribution in [3.63, 3.8) is 0 Å². The zero-order chi connectivity index (χ0) is 17.8. The molecule has 0 radical (unpaired) electrons. The Morgan fingerprint density at radius 1 is 0.444 bits per heavy atom. The molecule has 0 heterocycles. The van der Waals surface area contributed by atoms with Crippen LogP contribution in [0.15, 0.2) is 115 Å². The lowest BCUT2D eigenvalue weighted by Crippen LogP contribution is -3.00. The number of aryl methyl sites for hydroxylation is 1. The smallest absolute Gasteiger partial charge is 0.144 e. The van der Waals surface area contributed by atoms with E-state index in [1.54, 1.807) is 0 Å². The molecule has 0 aliphatic rings. The van der Waals surface area contributed by atoms with Crippen molar-refractivity contribution >= 4 is 28.5 Å². The SMILES string of the molecule is Cc1ccccc1[P+](c1ccccc1)(c1ccccc1)c1ccccc1.[Cl-]. The van der Waals surface area contributed by atoms with E-state index in [-0.39, 0.29) is 12.4 Å². The summed E-state index contributed by atoms with van der Waals surface area (Å²) < 4.78 is 0. The lowest BCUT2D eigenvalue weighted by Gasteiger charge is -2.28. The van der Waals surface area contributed by atoms with Crippen molar-refractivity contribution in [2.45, 2.75) is 6.92 Å². The van der Waals surface area contributed by atoms with Gasteiger partial charge in [-0.1, -0.05) is 72.8 Å². The van der Waals surface area contributed by atoms with Gasteiger partial charge in [0.1, 0.15) is 28.5 Å². The van der Waals surface area contributed by atoms with Crippen molar-refractivity contribution in [1.29, 1.82) is 0 Å². The Kier molecular flexibility index (Phi) is 6.11. The van der Waals surface area contributed by atoms with Crippen LogP contribution >= 0.6 is 7.26 Å². The first-order chi connectivity index (χ1) is 12.8. The summed E-state index contributed by atoms with van der Waals surface area (Å²) in [5, 5.41) is 5.62. The first-order valence-corrected chi connectivity index (χ1v) is 10.7. The highest BCUT2D eigenvalue weighted by molar-refractivity contribution is 8.01. The topological polar surface area (TPSA) is 0 Å². The molecule has 4 aromatic carbocycles. The Morgan fingerprint density at radius 3 is 1.15 bits per heavy atom. The molecule has 0 N–H and O–H groups in total. The van der Waals surface area contributed by atoms with Gasteiger partial charge in [-0.25, -0.2) is 0 Å². The predicted molar refractivity (Wildman–Crippen MR) is 116 cm³/mol.